The standard InChI is InChI=1S/C17H18ClN3S/c1-11-4-6-12(7-5-11)13-8-14-15(9-17(13,18)10-19)22-16(20-14)21(2)3/h4-7,13H,8-9H2,1-3H3/t13-,17+/m0/s1. The minimum atomic E-state index is -0.891. The first-order valence-electron chi connectivity index (χ1n) is 7.25. The van der Waals surface area contributed by atoms with E-state index in [1.165, 1.54) is 5.56 Å². The SMILES string of the molecule is Cc1ccc([C@@H]2Cc3nc(N(C)C)sc3C[C@@]2(Cl)C#N)cc1. The van der Waals surface area contributed by atoms with Crippen LogP contribution in [0.3, 0.4) is 0 Å². The summed E-state index contributed by atoms with van der Waals surface area (Å²) in [4.78, 5) is 6.98. The summed E-state index contributed by atoms with van der Waals surface area (Å²) in [5, 5.41) is 10.6. The van der Waals surface area contributed by atoms with Crippen molar-refractivity contribution in [1.29, 1.82) is 5.26 Å². The van der Waals surface area contributed by atoms with Crippen molar-refractivity contribution in [2.24, 2.45) is 0 Å². The number of hydrogen-bond acceptors (Lipinski definition) is 4. The summed E-state index contributed by atoms with van der Waals surface area (Å²) in [6, 6.07) is 10.7. The number of hydrogen-bond donors (Lipinski definition) is 0. The summed E-state index contributed by atoms with van der Waals surface area (Å²) in [6.07, 6.45) is 1.28. The van der Waals surface area contributed by atoms with Gasteiger partial charge < -0.3 is 4.90 Å². The van der Waals surface area contributed by atoms with Crippen molar-refractivity contribution in [2.45, 2.75) is 30.6 Å². The second kappa shape index (κ2) is 5.57. The van der Waals surface area contributed by atoms with E-state index in [0.717, 1.165) is 27.7 Å². The Bertz CT molecular complexity index is 729. The molecule has 0 spiro atoms. The highest BCUT2D eigenvalue weighted by Crippen LogP contribution is 2.46. The molecule has 2 aromatic rings. The Morgan fingerprint density at radius 3 is 2.64 bits per heavy atom. The molecule has 5 heteroatoms. The molecule has 3 nitrogen and oxygen atoms in total. The predicted molar refractivity (Wildman–Crippen MR) is 92.0 cm³/mol. The molecule has 0 radical (unpaired) electrons. The number of rotatable bonds is 2. The first-order valence-corrected chi connectivity index (χ1v) is 8.45. The maximum Gasteiger partial charge on any atom is 0.185 e. The molecule has 1 aromatic heterocycles. The maximum absolute atomic E-state index is 9.67. The molecule has 0 fully saturated rings. The van der Waals surface area contributed by atoms with Gasteiger partial charge in [0.2, 0.25) is 0 Å². The minimum absolute atomic E-state index is 0.0237. The Labute approximate surface area is 140 Å². The molecule has 0 saturated carbocycles. The highest BCUT2D eigenvalue weighted by Gasteiger charge is 2.44. The third-order valence-electron chi connectivity index (χ3n) is 4.18. The lowest BCUT2D eigenvalue weighted by atomic mass is 9.76. The Hall–Kier alpha value is -1.57. The van der Waals surface area contributed by atoms with Crippen LogP contribution in [0.15, 0.2) is 24.3 Å². The van der Waals surface area contributed by atoms with E-state index in [1.54, 1.807) is 11.3 Å². The van der Waals surface area contributed by atoms with Crippen molar-refractivity contribution in [3.63, 3.8) is 0 Å². The number of thiazole rings is 1. The van der Waals surface area contributed by atoms with E-state index < -0.39 is 4.87 Å². The molecule has 22 heavy (non-hydrogen) atoms. The molecule has 114 valence electrons. The molecule has 0 bridgehead atoms. The average Bonchev–Trinajstić information content (AvgIpc) is 2.90. The predicted octanol–water partition coefficient (Wildman–Crippen LogP) is 3.90. The Morgan fingerprint density at radius 1 is 1.36 bits per heavy atom. The minimum Gasteiger partial charge on any atom is -0.354 e. The molecular weight excluding hydrogens is 314 g/mol. The fourth-order valence-electron chi connectivity index (χ4n) is 2.87. The van der Waals surface area contributed by atoms with Gasteiger partial charge in [-0.15, -0.1) is 22.9 Å². The molecule has 2 atom stereocenters. The highest BCUT2D eigenvalue weighted by molar-refractivity contribution is 7.15. The summed E-state index contributed by atoms with van der Waals surface area (Å²) in [6.45, 7) is 2.06. The van der Waals surface area contributed by atoms with Gasteiger partial charge in [0.25, 0.3) is 0 Å². The molecule has 0 unspecified atom stereocenters. The third-order valence-corrected chi connectivity index (χ3v) is 5.93. The molecular formula is C17H18ClN3S. The lowest BCUT2D eigenvalue weighted by Gasteiger charge is -2.33. The van der Waals surface area contributed by atoms with Gasteiger partial charge in [-0.25, -0.2) is 4.98 Å². The van der Waals surface area contributed by atoms with Crippen molar-refractivity contribution in [2.75, 3.05) is 19.0 Å². The average molecular weight is 332 g/mol. The number of halogens is 1. The Morgan fingerprint density at radius 2 is 2.05 bits per heavy atom. The van der Waals surface area contributed by atoms with E-state index in [-0.39, 0.29) is 5.92 Å². The second-order valence-electron chi connectivity index (χ2n) is 6.08. The third kappa shape index (κ3) is 2.60. The number of aryl methyl sites for hydroxylation is 1. The van der Waals surface area contributed by atoms with Crippen molar-refractivity contribution in [3.05, 3.63) is 46.0 Å². The zero-order valence-electron chi connectivity index (χ0n) is 12.9. The van der Waals surface area contributed by atoms with E-state index >= 15 is 0 Å². The van der Waals surface area contributed by atoms with Gasteiger partial charge in [-0.1, -0.05) is 29.8 Å². The van der Waals surface area contributed by atoms with Crippen LogP contribution < -0.4 is 4.90 Å². The van der Waals surface area contributed by atoms with Crippen LogP contribution in [0.2, 0.25) is 0 Å². The molecule has 0 aliphatic heterocycles. The number of nitriles is 1. The maximum atomic E-state index is 9.67. The molecule has 1 aliphatic carbocycles. The van der Waals surface area contributed by atoms with E-state index in [4.69, 9.17) is 16.6 Å². The second-order valence-corrected chi connectivity index (χ2v) is 7.82. The van der Waals surface area contributed by atoms with Gasteiger partial charge in [-0.3, -0.25) is 0 Å². The van der Waals surface area contributed by atoms with Crippen LogP contribution in [0.25, 0.3) is 0 Å². The Kier molecular flexibility index (Phi) is 3.88. The van der Waals surface area contributed by atoms with Gasteiger partial charge in [-0.05, 0) is 12.5 Å². The summed E-state index contributed by atoms with van der Waals surface area (Å²) in [5.41, 5.74) is 3.42. The Balaban J connectivity index is 2.02. The van der Waals surface area contributed by atoms with Gasteiger partial charge in [0.1, 0.15) is 4.87 Å². The molecule has 1 heterocycles. The van der Waals surface area contributed by atoms with E-state index in [1.807, 2.05) is 19.0 Å². The molecule has 0 amide bonds. The first-order chi connectivity index (χ1) is 10.4. The van der Waals surface area contributed by atoms with Crippen LogP contribution >= 0.6 is 22.9 Å². The van der Waals surface area contributed by atoms with E-state index in [9.17, 15) is 5.26 Å². The molecule has 0 N–H and O–H groups in total. The number of anilines is 1. The van der Waals surface area contributed by atoms with E-state index in [2.05, 4.69) is 37.3 Å². The fraction of sp³-hybridized carbons (Fsp3) is 0.412. The topological polar surface area (TPSA) is 39.9 Å². The zero-order chi connectivity index (χ0) is 15.9. The van der Waals surface area contributed by atoms with Crippen molar-refractivity contribution >= 4 is 28.1 Å². The normalized spacial score (nSPS) is 23.7. The zero-order valence-corrected chi connectivity index (χ0v) is 14.5. The lowest BCUT2D eigenvalue weighted by Crippen LogP contribution is -2.36. The number of aromatic nitrogens is 1. The number of alkyl halides is 1. The quantitative estimate of drug-likeness (QED) is 0.783. The van der Waals surface area contributed by atoms with Crippen LogP contribution in [0.1, 0.15) is 27.6 Å². The van der Waals surface area contributed by atoms with Gasteiger partial charge in [-0.2, -0.15) is 5.26 Å². The van der Waals surface area contributed by atoms with E-state index in [0.29, 0.717) is 6.42 Å². The van der Waals surface area contributed by atoms with Crippen LogP contribution in [0, 0.1) is 18.3 Å². The lowest BCUT2D eigenvalue weighted by molar-refractivity contribution is 0.512. The summed E-state index contributed by atoms with van der Waals surface area (Å²) >= 11 is 8.36. The van der Waals surface area contributed by atoms with Gasteiger partial charge in [0.05, 0.1) is 11.8 Å². The molecule has 0 saturated heterocycles. The first kappa shape index (κ1) is 15.3. The molecule has 3 rings (SSSR count). The van der Waals surface area contributed by atoms with Crippen molar-refractivity contribution in [1.82, 2.24) is 4.98 Å². The number of nitrogens with zero attached hydrogens (tertiary/aromatic N) is 3. The largest absolute Gasteiger partial charge is 0.354 e. The molecule has 1 aromatic carbocycles. The summed E-state index contributed by atoms with van der Waals surface area (Å²) < 4.78 is 0. The van der Waals surface area contributed by atoms with Crippen LogP contribution in [-0.2, 0) is 12.8 Å². The highest BCUT2D eigenvalue weighted by atomic mass is 35.5. The van der Waals surface area contributed by atoms with Gasteiger partial charge >= 0.3 is 0 Å². The number of fused-ring (bicyclic) bond motifs is 1. The smallest absolute Gasteiger partial charge is 0.185 e. The van der Waals surface area contributed by atoms with Crippen molar-refractivity contribution in [3.8, 4) is 6.07 Å². The summed E-state index contributed by atoms with van der Waals surface area (Å²) in [7, 11) is 3.97. The monoisotopic (exact) mass is 331 g/mol. The van der Waals surface area contributed by atoms with Crippen LogP contribution in [0.5, 0.6) is 0 Å². The van der Waals surface area contributed by atoms with Crippen molar-refractivity contribution < 1.29 is 0 Å². The molecule has 1 aliphatic rings. The van der Waals surface area contributed by atoms with Crippen LogP contribution in [0.4, 0.5) is 5.13 Å². The van der Waals surface area contributed by atoms with Gasteiger partial charge in [0.15, 0.2) is 5.13 Å². The number of benzene rings is 1. The fourth-order valence-corrected chi connectivity index (χ4v) is 4.39. The van der Waals surface area contributed by atoms with Crippen LogP contribution in [-0.4, -0.2) is 24.0 Å². The van der Waals surface area contributed by atoms with Gasteiger partial charge in [0, 0.05) is 37.7 Å². The summed E-state index contributed by atoms with van der Waals surface area (Å²) in [5.74, 6) is -0.0237.